The molecule has 0 spiro atoms. The van der Waals surface area contributed by atoms with Crippen LogP contribution in [0.1, 0.15) is 18.0 Å². The van der Waals surface area contributed by atoms with E-state index < -0.39 is 0 Å². The Kier molecular flexibility index (Phi) is 6.88. The second-order valence-electron chi connectivity index (χ2n) is 3.23. The minimum atomic E-state index is -0.171. The van der Waals surface area contributed by atoms with Crippen molar-refractivity contribution in [2.75, 3.05) is 20.8 Å². The molecular formula is C11H18ClNO3. The second-order valence-corrected chi connectivity index (χ2v) is 3.23. The van der Waals surface area contributed by atoms with Crippen LogP contribution < -0.4 is 15.2 Å². The number of rotatable bonds is 5. The summed E-state index contributed by atoms with van der Waals surface area (Å²) in [6, 6.07) is 5.35. The lowest BCUT2D eigenvalue weighted by Gasteiger charge is -2.13. The van der Waals surface area contributed by atoms with Crippen molar-refractivity contribution in [3.8, 4) is 11.5 Å². The smallest absolute Gasteiger partial charge is 0.161 e. The molecule has 0 aliphatic rings. The lowest BCUT2D eigenvalue weighted by atomic mass is 10.0. The van der Waals surface area contributed by atoms with Gasteiger partial charge in [0.2, 0.25) is 0 Å². The fourth-order valence-electron chi connectivity index (χ4n) is 1.39. The summed E-state index contributed by atoms with van der Waals surface area (Å²) in [5.41, 5.74) is 6.80. The van der Waals surface area contributed by atoms with Crippen LogP contribution in [0.25, 0.3) is 0 Å². The Bertz CT molecular complexity index is 320. The molecule has 0 aliphatic carbocycles. The summed E-state index contributed by atoms with van der Waals surface area (Å²) in [5.74, 6) is 1.33. The highest BCUT2D eigenvalue weighted by molar-refractivity contribution is 5.85. The third kappa shape index (κ3) is 3.56. The molecule has 1 aromatic rings. The molecule has 1 aromatic carbocycles. The quantitative estimate of drug-likeness (QED) is 0.828. The van der Waals surface area contributed by atoms with Crippen LogP contribution >= 0.6 is 12.4 Å². The summed E-state index contributed by atoms with van der Waals surface area (Å²) in [4.78, 5) is 0. The number of hydrogen-bond donors (Lipinski definition) is 2. The van der Waals surface area contributed by atoms with Gasteiger partial charge in [-0.15, -0.1) is 12.4 Å². The monoisotopic (exact) mass is 247 g/mol. The molecule has 0 saturated heterocycles. The molecule has 92 valence electrons. The molecule has 0 heterocycles. The minimum absolute atomic E-state index is 0. The highest BCUT2D eigenvalue weighted by Gasteiger charge is 2.09. The Morgan fingerprint density at radius 3 is 2.38 bits per heavy atom. The summed E-state index contributed by atoms with van der Waals surface area (Å²) in [6.45, 7) is 0.0789. The molecule has 0 radical (unpaired) electrons. The van der Waals surface area contributed by atoms with E-state index in [0.717, 1.165) is 5.56 Å². The standard InChI is InChI=1S/C11H17NO3.ClH/c1-14-10-4-3-8(7-11(10)15-2)9(12)5-6-13;/h3-4,7,9,13H,5-6,12H2,1-2H3;1H/t9-;/m1./s1. The van der Waals surface area contributed by atoms with Crippen molar-refractivity contribution >= 4 is 12.4 Å². The summed E-state index contributed by atoms with van der Waals surface area (Å²) in [6.07, 6.45) is 0.537. The van der Waals surface area contributed by atoms with Crippen molar-refractivity contribution in [1.29, 1.82) is 0 Å². The van der Waals surface area contributed by atoms with Crippen LogP contribution in [-0.4, -0.2) is 25.9 Å². The molecule has 0 saturated carbocycles. The summed E-state index contributed by atoms with van der Waals surface area (Å²) in [5, 5.41) is 8.79. The van der Waals surface area contributed by atoms with Crippen molar-refractivity contribution in [1.82, 2.24) is 0 Å². The van der Waals surface area contributed by atoms with Crippen LogP contribution in [0.15, 0.2) is 18.2 Å². The van der Waals surface area contributed by atoms with Gasteiger partial charge in [-0.3, -0.25) is 0 Å². The minimum Gasteiger partial charge on any atom is -0.493 e. The number of halogens is 1. The van der Waals surface area contributed by atoms with Crippen molar-refractivity contribution in [3.05, 3.63) is 23.8 Å². The van der Waals surface area contributed by atoms with E-state index in [1.807, 2.05) is 18.2 Å². The van der Waals surface area contributed by atoms with E-state index >= 15 is 0 Å². The highest BCUT2D eigenvalue weighted by atomic mass is 35.5. The van der Waals surface area contributed by atoms with E-state index in [9.17, 15) is 0 Å². The van der Waals surface area contributed by atoms with Gasteiger partial charge in [0.15, 0.2) is 11.5 Å². The summed E-state index contributed by atoms with van der Waals surface area (Å²) >= 11 is 0. The van der Waals surface area contributed by atoms with Crippen molar-refractivity contribution in [2.45, 2.75) is 12.5 Å². The molecule has 0 aromatic heterocycles. The molecule has 0 fully saturated rings. The lowest BCUT2D eigenvalue weighted by molar-refractivity contribution is 0.276. The first kappa shape index (κ1) is 15.0. The van der Waals surface area contributed by atoms with Gasteiger partial charge in [0, 0.05) is 12.6 Å². The zero-order valence-corrected chi connectivity index (χ0v) is 10.3. The summed E-state index contributed by atoms with van der Waals surface area (Å²) < 4.78 is 10.3. The average Bonchev–Trinajstić information content (AvgIpc) is 2.28. The van der Waals surface area contributed by atoms with Gasteiger partial charge in [0.05, 0.1) is 14.2 Å². The number of nitrogens with two attached hydrogens (primary N) is 1. The Hall–Kier alpha value is -0.970. The molecule has 4 nitrogen and oxygen atoms in total. The molecule has 5 heteroatoms. The number of aliphatic hydroxyl groups is 1. The second kappa shape index (κ2) is 7.33. The Balaban J connectivity index is 0.00000225. The van der Waals surface area contributed by atoms with E-state index in [-0.39, 0.29) is 25.1 Å². The van der Waals surface area contributed by atoms with E-state index in [1.54, 1.807) is 14.2 Å². The first-order valence-electron chi connectivity index (χ1n) is 4.81. The fourth-order valence-corrected chi connectivity index (χ4v) is 1.39. The molecular weight excluding hydrogens is 230 g/mol. The Morgan fingerprint density at radius 2 is 1.88 bits per heavy atom. The lowest BCUT2D eigenvalue weighted by Crippen LogP contribution is -2.12. The van der Waals surface area contributed by atoms with E-state index in [0.29, 0.717) is 17.9 Å². The first-order valence-corrected chi connectivity index (χ1v) is 4.81. The predicted octanol–water partition coefficient (Wildman–Crippen LogP) is 1.51. The zero-order valence-electron chi connectivity index (χ0n) is 9.47. The van der Waals surface area contributed by atoms with Gasteiger partial charge in [-0.05, 0) is 24.1 Å². The average molecular weight is 248 g/mol. The highest BCUT2D eigenvalue weighted by Crippen LogP contribution is 2.29. The van der Waals surface area contributed by atoms with Gasteiger partial charge in [-0.2, -0.15) is 0 Å². The maximum Gasteiger partial charge on any atom is 0.161 e. The fraction of sp³-hybridized carbons (Fsp3) is 0.455. The SMILES string of the molecule is COc1ccc([C@H](N)CCO)cc1OC.Cl. The number of aliphatic hydroxyl groups excluding tert-OH is 1. The number of methoxy groups -OCH3 is 2. The van der Waals surface area contributed by atoms with Gasteiger partial charge in [0.25, 0.3) is 0 Å². The van der Waals surface area contributed by atoms with Gasteiger partial charge < -0.3 is 20.3 Å². The van der Waals surface area contributed by atoms with Gasteiger partial charge in [-0.25, -0.2) is 0 Å². The van der Waals surface area contributed by atoms with E-state index in [1.165, 1.54) is 0 Å². The molecule has 1 atom stereocenters. The number of benzene rings is 1. The van der Waals surface area contributed by atoms with Gasteiger partial charge in [0.1, 0.15) is 0 Å². The maximum atomic E-state index is 8.79. The van der Waals surface area contributed by atoms with Crippen LogP contribution in [0.5, 0.6) is 11.5 Å². The Labute approximate surface area is 102 Å². The van der Waals surface area contributed by atoms with Gasteiger partial charge >= 0.3 is 0 Å². The molecule has 3 N–H and O–H groups in total. The van der Waals surface area contributed by atoms with Crippen molar-refractivity contribution < 1.29 is 14.6 Å². The molecule has 0 aliphatic heterocycles. The summed E-state index contributed by atoms with van der Waals surface area (Å²) in [7, 11) is 3.17. The number of ether oxygens (including phenoxy) is 2. The molecule has 1 rings (SSSR count). The normalized spacial score (nSPS) is 11.5. The van der Waals surface area contributed by atoms with Crippen molar-refractivity contribution in [2.24, 2.45) is 5.73 Å². The third-order valence-corrected chi connectivity index (χ3v) is 2.28. The predicted molar refractivity (Wildman–Crippen MR) is 65.4 cm³/mol. The van der Waals surface area contributed by atoms with Crippen LogP contribution in [-0.2, 0) is 0 Å². The zero-order chi connectivity index (χ0) is 11.3. The molecule has 0 amide bonds. The van der Waals surface area contributed by atoms with Gasteiger partial charge in [-0.1, -0.05) is 6.07 Å². The van der Waals surface area contributed by atoms with Crippen LogP contribution in [0.2, 0.25) is 0 Å². The topological polar surface area (TPSA) is 64.7 Å². The molecule has 0 bridgehead atoms. The van der Waals surface area contributed by atoms with Crippen LogP contribution in [0.3, 0.4) is 0 Å². The number of hydrogen-bond acceptors (Lipinski definition) is 4. The van der Waals surface area contributed by atoms with E-state index in [2.05, 4.69) is 0 Å². The van der Waals surface area contributed by atoms with E-state index in [4.69, 9.17) is 20.3 Å². The third-order valence-electron chi connectivity index (χ3n) is 2.28. The van der Waals surface area contributed by atoms with Crippen LogP contribution in [0.4, 0.5) is 0 Å². The maximum absolute atomic E-state index is 8.79. The van der Waals surface area contributed by atoms with Crippen molar-refractivity contribution in [3.63, 3.8) is 0 Å². The first-order chi connectivity index (χ1) is 7.22. The molecule has 16 heavy (non-hydrogen) atoms. The Morgan fingerprint density at radius 1 is 1.25 bits per heavy atom. The van der Waals surface area contributed by atoms with Crippen LogP contribution in [0, 0.1) is 0 Å². The molecule has 0 unspecified atom stereocenters. The largest absolute Gasteiger partial charge is 0.493 e.